The fraction of sp³-hybridized carbons (Fsp3) is 0.308. The Labute approximate surface area is 99.1 Å². The van der Waals surface area contributed by atoms with Crippen molar-refractivity contribution in [1.82, 2.24) is 4.98 Å². The van der Waals surface area contributed by atoms with Crippen molar-refractivity contribution in [3.05, 3.63) is 46.5 Å². The van der Waals surface area contributed by atoms with E-state index in [1.54, 1.807) is 11.3 Å². The molecule has 0 amide bonds. The van der Waals surface area contributed by atoms with Gasteiger partial charge in [-0.1, -0.05) is 30.3 Å². The minimum absolute atomic E-state index is 0.514. The Kier molecular flexibility index (Phi) is 2.40. The predicted octanol–water partition coefficient (Wildman–Crippen LogP) is 3.19. The summed E-state index contributed by atoms with van der Waals surface area (Å²) in [7, 11) is 0. The van der Waals surface area contributed by atoms with Gasteiger partial charge in [-0.2, -0.15) is 0 Å². The predicted molar refractivity (Wildman–Crippen MR) is 67.7 cm³/mol. The van der Waals surface area contributed by atoms with Crippen LogP contribution in [0.2, 0.25) is 0 Å². The van der Waals surface area contributed by atoms with E-state index in [0.29, 0.717) is 11.0 Å². The molecule has 1 aliphatic carbocycles. The molecule has 3 heteroatoms. The molecule has 1 aromatic heterocycles. The van der Waals surface area contributed by atoms with E-state index >= 15 is 0 Å². The SMILES string of the molecule is Nc1nc2c(s1)C(c1ccccc1)CCC2. The standard InChI is InChI=1S/C13H14N2S/c14-13-15-11-8-4-7-10(12(11)16-13)9-5-2-1-3-6-9/h1-3,5-6,10H,4,7-8H2,(H2,14,15). The smallest absolute Gasteiger partial charge is 0.180 e. The Bertz CT molecular complexity index is 490. The fourth-order valence-corrected chi connectivity index (χ4v) is 3.48. The van der Waals surface area contributed by atoms with Crippen LogP contribution < -0.4 is 5.73 Å². The number of nitrogens with two attached hydrogens (primary N) is 1. The Hall–Kier alpha value is -1.35. The van der Waals surface area contributed by atoms with Crippen LogP contribution in [0.1, 0.15) is 34.9 Å². The van der Waals surface area contributed by atoms with Gasteiger partial charge in [-0.3, -0.25) is 0 Å². The van der Waals surface area contributed by atoms with Crippen molar-refractivity contribution >= 4 is 16.5 Å². The average molecular weight is 230 g/mol. The maximum absolute atomic E-state index is 5.81. The number of rotatable bonds is 1. The van der Waals surface area contributed by atoms with Crippen molar-refractivity contribution in [3.8, 4) is 0 Å². The summed E-state index contributed by atoms with van der Waals surface area (Å²) in [5.41, 5.74) is 8.43. The number of fused-ring (bicyclic) bond motifs is 1. The van der Waals surface area contributed by atoms with E-state index in [1.165, 1.54) is 29.0 Å². The molecule has 1 unspecified atom stereocenters. The van der Waals surface area contributed by atoms with Crippen LogP contribution >= 0.6 is 11.3 Å². The summed E-state index contributed by atoms with van der Waals surface area (Å²) in [5, 5.41) is 0.716. The second kappa shape index (κ2) is 3.91. The van der Waals surface area contributed by atoms with Gasteiger partial charge >= 0.3 is 0 Å². The highest BCUT2D eigenvalue weighted by Gasteiger charge is 2.25. The molecule has 1 heterocycles. The number of aryl methyl sites for hydroxylation is 1. The lowest BCUT2D eigenvalue weighted by Gasteiger charge is -2.21. The van der Waals surface area contributed by atoms with E-state index in [1.807, 2.05) is 0 Å². The van der Waals surface area contributed by atoms with Crippen molar-refractivity contribution in [3.63, 3.8) is 0 Å². The van der Waals surface area contributed by atoms with Crippen LogP contribution in [-0.2, 0) is 6.42 Å². The first-order valence-corrected chi connectivity index (χ1v) is 6.46. The Balaban J connectivity index is 2.05. The van der Waals surface area contributed by atoms with Gasteiger partial charge < -0.3 is 5.73 Å². The number of benzene rings is 1. The van der Waals surface area contributed by atoms with E-state index in [2.05, 4.69) is 35.3 Å². The second-order valence-electron chi connectivity index (χ2n) is 4.22. The van der Waals surface area contributed by atoms with E-state index in [4.69, 9.17) is 5.73 Å². The van der Waals surface area contributed by atoms with E-state index in [-0.39, 0.29) is 0 Å². The summed E-state index contributed by atoms with van der Waals surface area (Å²) < 4.78 is 0. The second-order valence-corrected chi connectivity index (χ2v) is 5.28. The Morgan fingerprint density at radius 1 is 1.25 bits per heavy atom. The highest BCUT2D eigenvalue weighted by molar-refractivity contribution is 7.15. The van der Waals surface area contributed by atoms with Crippen LogP contribution in [0.4, 0.5) is 5.13 Å². The first-order chi connectivity index (χ1) is 7.84. The van der Waals surface area contributed by atoms with Crippen LogP contribution in [0, 0.1) is 0 Å². The molecule has 0 fully saturated rings. The van der Waals surface area contributed by atoms with Crippen LogP contribution in [0.3, 0.4) is 0 Å². The first kappa shape index (κ1) is 9.85. The number of thiazole rings is 1. The summed E-state index contributed by atoms with van der Waals surface area (Å²) in [6.07, 6.45) is 3.53. The number of aromatic nitrogens is 1. The van der Waals surface area contributed by atoms with Gasteiger partial charge in [0.25, 0.3) is 0 Å². The normalized spacial score (nSPS) is 19.4. The van der Waals surface area contributed by atoms with Crippen molar-refractivity contribution in [2.45, 2.75) is 25.2 Å². The summed E-state index contributed by atoms with van der Waals surface area (Å²) in [6.45, 7) is 0. The highest BCUT2D eigenvalue weighted by atomic mass is 32.1. The quantitative estimate of drug-likeness (QED) is 0.817. The fourth-order valence-electron chi connectivity index (χ4n) is 2.44. The highest BCUT2D eigenvalue weighted by Crippen LogP contribution is 2.40. The number of nitrogen functional groups attached to an aromatic ring is 1. The van der Waals surface area contributed by atoms with Crippen LogP contribution in [-0.4, -0.2) is 4.98 Å². The van der Waals surface area contributed by atoms with Crippen LogP contribution in [0.25, 0.3) is 0 Å². The number of nitrogens with zero attached hydrogens (tertiary/aromatic N) is 1. The molecule has 0 saturated carbocycles. The maximum atomic E-state index is 5.81. The lowest BCUT2D eigenvalue weighted by atomic mass is 9.86. The first-order valence-electron chi connectivity index (χ1n) is 5.64. The van der Waals surface area contributed by atoms with Crippen molar-refractivity contribution in [2.24, 2.45) is 0 Å². The van der Waals surface area contributed by atoms with Crippen LogP contribution in [0.5, 0.6) is 0 Å². The van der Waals surface area contributed by atoms with Crippen molar-refractivity contribution in [2.75, 3.05) is 5.73 Å². The molecule has 82 valence electrons. The van der Waals surface area contributed by atoms with Gasteiger partial charge in [-0.25, -0.2) is 4.98 Å². The molecule has 1 aliphatic rings. The molecular formula is C13H14N2S. The van der Waals surface area contributed by atoms with Gasteiger partial charge in [0.1, 0.15) is 0 Å². The van der Waals surface area contributed by atoms with Gasteiger partial charge in [0, 0.05) is 10.8 Å². The van der Waals surface area contributed by atoms with Gasteiger partial charge in [0.05, 0.1) is 5.69 Å². The molecule has 2 nitrogen and oxygen atoms in total. The number of hydrogen-bond donors (Lipinski definition) is 1. The molecule has 3 rings (SSSR count). The molecular weight excluding hydrogens is 216 g/mol. The zero-order valence-corrected chi connectivity index (χ0v) is 9.83. The lowest BCUT2D eigenvalue weighted by Crippen LogP contribution is -2.08. The average Bonchev–Trinajstić information content (AvgIpc) is 2.70. The molecule has 0 bridgehead atoms. The molecule has 0 spiro atoms. The zero-order valence-electron chi connectivity index (χ0n) is 9.02. The molecule has 0 saturated heterocycles. The Morgan fingerprint density at radius 3 is 2.88 bits per heavy atom. The number of anilines is 1. The minimum atomic E-state index is 0.514. The summed E-state index contributed by atoms with van der Waals surface area (Å²) in [6, 6.07) is 10.7. The third-order valence-corrected chi connectivity index (χ3v) is 4.21. The maximum Gasteiger partial charge on any atom is 0.180 e. The number of hydrogen-bond acceptors (Lipinski definition) is 3. The zero-order chi connectivity index (χ0) is 11.0. The minimum Gasteiger partial charge on any atom is -0.375 e. The lowest BCUT2D eigenvalue weighted by molar-refractivity contribution is 0.617. The summed E-state index contributed by atoms with van der Waals surface area (Å²) in [5.74, 6) is 0.514. The van der Waals surface area contributed by atoms with Crippen molar-refractivity contribution < 1.29 is 0 Å². The molecule has 1 atom stereocenters. The summed E-state index contributed by atoms with van der Waals surface area (Å²) in [4.78, 5) is 5.81. The third-order valence-electron chi connectivity index (χ3n) is 3.17. The van der Waals surface area contributed by atoms with Gasteiger partial charge in [-0.15, -0.1) is 11.3 Å². The van der Waals surface area contributed by atoms with E-state index < -0.39 is 0 Å². The molecule has 0 aliphatic heterocycles. The third kappa shape index (κ3) is 1.61. The summed E-state index contributed by atoms with van der Waals surface area (Å²) >= 11 is 1.66. The van der Waals surface area contributed by atoms with Gasteiger partial charge in [-0.05, 0) is 24.8 Å². The molecule has 16 heavy (non-hydrogen) atoms. The van der Waals surface area contributed by atoms with Gasteiger partial charge in [0.15, 0.2) is 5.13 Å². The largest absolute Gasteiger partial charge is 0.375 e. The van der Waals surface area contributed by atoms with E-state index in [0.717, 1.165) is 6.42 Å². The topological polar surface area (TPSA) is 38.9 Å². The molecule has 2 N–H and O–H groups in total. The molecule has 0 radical (unpaired) electrons. The van der Waals surface area contributed by atoms with Crippen LogP contribution in [0.15, 0.2) is 30.3 Å². The molecule has 1 aromatic carbocycles. The van der Waals surface area contributed by atoms with E-state index in [9.17, 15) is 0 Å². The monoisotopic (exact) mass is 230 g/mol. The molecule has 2 aromatic rings. The van der Waals surface area contributed by atoms with Crippen molar-refractivity contribution in [1.29, 1.82) is 0 Å². The Morgan fingerprint density at radius 2 is 2.06 bits per heavy atom. The van der Waals surface area contributed by atoms with Gasteiger partial charge in [0.2, 0.25) is 0 Å².